The van der Waals surface area contributed by atoms with Gasteiger partial charge in [-0.2, -0.15) is 0 Å². The summed E-state index contributed by atoms with van der Waals surface area (Å²) in [5, 5.41) is 0. The van der Waals surface area contributed by atoms with E-state index >= 15 is 0 Å². The van der Waals surface area contributed by atoms with E-state index in [0.717, 1.165) is 0 Å². The summed E-state index contributed by atoms with van der Waals surface area (Å²) in [5.74, 6) is -0.930. The van der Waals surface area contributed by atoms with E-state index < -0.39 is 5.82 Å². The molecule has 0 radical (unpaired) electrons. The molecule has 6 heteroatoms. The lowest BCUT2D eigenvalue weighted by atomic mass is 10.2. The first kappa shape index (κ1) is 14.1. The van der Waals surface area contributed by atoms with Gasteiger partial charge in [-0.25, -0.2) is 4.39 Å². The van der Waals surface area contributed by atoms with E-state index in [-0.39, 0.29) is 11.5 Å². The van der Waals surface area contributed by atoms with Crippen LogP contribution in [0.5, 0.6) is 0 Å². The predicted octanol–water partition coefficient (Wildman–Crippen LogP) is 2.34. The molecule has 3 nitrogen and oxygen atoms in total. The van der Waals surface area contributed by atoms with Crippen molar-refractivity contribution < 1.29 is 9.18 Å². The van der Waals surface area contributed by atoms with Gasteiger partial charge in [0.05, 0.1) is 10.6 Å². The molecule has 1 aromatic carbocycles. The number of carbonyl (C=O) groups excluding carboxylic acids is 1. The van der Waals surface area contributed by atoms with Gasteiger partial charge < -0.3 is 10.6 Å². The van der Waals surface area contributed by atoms with E-state index in [1.54, 1.807) is 13.1 Å². The average Bonchev–Trinajstić information content (AvgIpc) is 2.28. The van der Waals surface area contributed by atoms with E-state index in [4.69, 9.17) is 18.0 Å². The van der Waals surface area contributed by atoms with E-state index in [1.165, 1.54) is 17.0 Å². The Kier molecular flexibility index (Phi) is 5.02. The fourth-order valence-electron chi connectivity index (χ4n) is 1.25. The van der Waals surface area contributed by atoms with Crippen molar-refractivity contribution in [3.05, 3.63) is 34.1 Å². The predicted molar refractivity (Wildman–Crippen MR) is 72.5 cm³/mol. The average molecular weight is 319 g/mol. The summed E-state index contributed by atoms with van der Waals surface area (Å²) < 4.78 is 14.1. The van der Waals surface area contributed by atoms with Gasteiger partial charge in [-0.1, -0.05) is 28.1 Å². The number of carbonyl (C=O) groups is 1. The molecule has 0 atom stereocenters. The molecule has 1 rings (SSSR count). The summed E-state index contributed by atoms with van der Waals surface area (Å²) >= 11 is 7.92. The molecule has 0 fully saturated rings. The second kappa shape index (κ2) is 6.07. The van der Waals surface area contributed by atoms with Crippen molar-refractivity contribution in [3.63, 3.8) is 0 Å². The summed E-state index contributed by atoms with van der Waals surface area (Å²) in [6, 6.07) is 4.24. The van der Waals surface area contributed by atoms with E-state index in [9.17, 15) is 9.18 Å². The van der Waals surface area contributed by atoms with Gasteiger partial charge in [0.15, 0.2) is 0 Å². The van der Waals surface area contributed by atoms with Crippen LogP contribution in [0, 0.1) is 5.82 Å². The number of halogens is 2. The molecule has 1 amide bonds. The van der Waals surface area contributed by atoms with Gasteiger partial charge in [-0.15, -0.1) is 0 Å². The highest BCUT2D eigenvalue weighted by molar-refractivity contribution is 9.10. The number of nitrogens with two attached hydrogens (primary N) is 1. The molecule has 0 aliphatic heterocycles. The lowest BCUT2D eigenvalue weighted by molar-refractivity contribution is 0.0794. The van der Waals surface area contributed by atoms with Gasteiger partial charge in [-0.3, -0.25) is 4.79 Å². The lowest BCUT2D eigenvalue weighted by Gasteiger charge is -2.17. The molecule has 1 aromatic rings. The minimum absolute atomic E-state index is 0.0322. The molecule has 0 aliphatic rings. The molecule has 0 heterocycles. The third kappa shape index (κ3) is 4.05. The third-order valence-electron chi connectivity index (χ3n) is 2.20. The zero-order chi connectivity index (χ0) is 13.0. The number of rotatable bonds is 4. The Morgan fingerprint density at radius 1 is 1.59 bits per heavy atom. The number of amides is 1. The Hall–Kier alpha value is -1.01. The molecular formula is C11H12BrFN2OS. The van der Waals surface area contributed by atoms with Crippen molar-refractivity contribution in [2.45, 2.75) is 6.42 Å². The molecule has 0 aromatic heterocycles. The Bertz CT molecular complexity index is 453. The maximum atomic E-state index is 13.5. The Morgan fingerprint density at radius 2 is 2.24 bits per heavy atom. The summed E-state index contributed by atoms with van der Waals surface area (Å²) in [5.41, 5.74) is 5.38. The van der Waals surface area contributed by atoms with Gasteiger partial charge in [0.1, 0.15) is 5.82 Å². The van der Waals surface area contributed by atoms with Crippen molar-refractivity contribution in [1.82, 2.24) is 4.90 Å². The number of nitrogens with zero attached hydrogens (tertiary/aromatic N) is 1. The zero-order valence-electron chi connectivity index (χ0n) is 9.24. The fourth-order valence-corrected chi connectivity index (χ4v) is 1.70. The van der Waals surface area contributed by atoms with Crippen LogP contribution in [0.15, 0.2) is 22.7 Å². The van der Waals surface area contributed by atoms with E-state index in [1.807, 2.05) is 0 Å². The lowest BCUT2D eigenvalue weighted by Crippen LogP contribution is -2.30. The fraction of sp³-hybridized carbons (Fsp3) is 0.273. The van der Waals surface area contributed by atoms with Crippen LogP contribution in [0.1, 0.15) is 16.8 Å². The van der Waals surface area contributed by atoms with Crippen LogP contribution in [0.3, 0.4) is 0 Å². The quantitative estimate of drug-likeness (QED) is 0.867. The summed E-state index contributed by atoms with van der Waals surface area (Å²) in [6.45, 7) is 0.375. The van der Waals surface area contributed by atoms with Gasteiger partial charge in [0, 0.05) is 24.5 Å². The molecule has 92 valence electrons. The normalized spacial score (nSPS) is 10.1. The summed E-state index contributed by atoms with van der Waals surface area (Å²) in [4.78, 5) is 13.6. The van der Waals surface area contributed by atoms with Crippen molar-refractivity contribution in [1.29, 1.82) is 0 Å². The second-order valence-corrected chi connectivity index (χ2v) is 5.01. The highest BCUT2D eigenvalue weighted by Gasteiger charge is 2.16. The Balaban J connectivity index is 2.81. The Labute approximate surface area is 113 Å². The minimum Gasteiger partial charge on any atom is -0.393 e. The molecule has 0 saturated heterocycles. The monoisotopic (exact) mass is 318 g/mol. The summed E-state index contributed by atoms with van der Waals surface area (Å²) in [7, 11) is 1.58. The van der Waals surface area contributed by atoms with Crippen molar-refractivity contribution in [2.24, 2.45) is 5.73 Å². The number of hydrogen-bond acceptors (Lipinski definition) is 2. The first-order valence-corrected chi connectivity index (χ1v) is 6.10. The second-order valence-electron chi connectivity index (χ2n) is 3.57. The number of thiocarbonyl (C=S) groups is 1. The SMILES string of the molecule is CN(CCC(N)=S)C(=O)c1cc(Br)ccc1F. The van der Waals surface area contributed by atoms with Crippen molar-refractivity contribution >= 4 is 39.0 Å². The molecular weight excluding hydrogens is 307 g/mol. The third-order valence-corrected chi connectivity index (χ3v) is 2.90. The van der Waals surface area contributed by atoms with Crippen LogP contribution in [0.4, 0.5) is 4.39 Å². The van der Waals surface area contributed by atoms with Crippen molar-refractivity contribution in [3.8, 4) is 0 Å². The largest absolute Gasteiger partial charge is 0.393 e. The van der Waals surface area contributed by atoms with Gasteiger partial charge >= 0.3 is 0 Å². The molecule has 0 saturated carbocycles. The molecule has 0 bridgehead atoms. The van der Waals surface area contributed by atoms with Gasteiger partial charge in [0.25, 0.3) is 5.91 Å². The van der Waals surface area contributed by atoms with Crippen LogP contribution in [0.25, 0.3) is 0 Å². The molecule has 0 spiro atoms. The maximum Gasteiger partial charge on any atom is 0.256 e. The van der Waals surface area contributed by atoms with E-state index in [2.05, 4.69) is 15.9 Å². The molecule has 2 N–H and O–H groups in total. The Morgan fingerprint density at radius 3 is 2.82 bits per heavy atom. The van der Waals surface area contributed by atoms with Crippen LogP contribution in [0.2, 0.25) is 0 Å². The van der Waals surface area contributed by atoms with Crippen molar-refractivity contribution in [2.75, 3.05) is 13.6 Å². The highest BCUT2D eigenvalue weighted by Crippen LogP contribution is 2.17. The van der Waals surface area contributed by atoms with Gasteiger partial charge in [0.2, 0.25) is 0 Å². The summed E-state index contributed by atoms with van der Waals surface area (Å²) in [6.07, 6.45) is 0.424. The number of benzene rings is 1. The van der Waals surface area contributed by atoms with E-state index in [0.29, 0.717) is 22.4 Å². The molecule has 0 aliphatic carbocycles. The minimum atomic E-state index is -0.541. The molecule has 17 heavy (non-hydrogen) atoms. The van der Waals surface area contributed by atoms with Crippen LogP contribution < -0.4 is 5.73 Å². The van der Waals surface area contributed by atoms with Crippen LogP contribution in [-0.4, -0.2) is 29.4 Å². The van der Waals surface area contributed by atoms with Crippen LogP contribution in [-0.2, 0) is 0 Å². The standard InChI is InChI=1S/C11H12BrFN2OS/c1-15(5-4-10(14)17)11(16)8-6-7(12)2-3-9(8)13/h2-3,6H,4-5H2,1H3,(H2,14,17). The highest BCUT2D eigenvalue weighted by atomic mass is 79.9. The maximum absolute atomic E-state index is 13.5. The number of hydrogen-bond donors (Lipinski definition) is 1. The smallest absolute Gasteiger partial charge is 0.256 e. The zero-order valence-corrected chi connectivity index (χ0v) is 11.6. The molecule has 0 unspecified atom stereocenters. The van der Waals surface area contributed by atoms with Gasteiger partial charge in [-0.05, 0) is 18.2 Å². The topological polar surface area (TPSA) is 46.3 Å². The first-order valence-electron chi connectivity index (χ1n) is 4.90. The van der Waals surface area contributed by atoms with Crippen LogP contribution >= 0.6 is 28.1 Å². The first-order chi connectivity index (χ1) is 7.91.